The van der Waals surface area contributed by atoms with Crippen molar-refractivity contribution >= 4 is 28.4 Å². The maximum Gasteiger partial charge on any atom is 0.272 e. The molecule has 1 fully saturated rings. The van der Waals surface area contributed by atoms with Gasteiger partial charge in [-0.05, 0) is 94.0 Å². The maximum absolute atomic E-state index is 12.9. The average Bonchev–Trinajstić information content (AvgIpc) is 3.14. The minimum atomic E-state index is -0.185. The number of rotatable bonds is 3. The first-order valence-corrected chi connectivity index (χ1v) is 10.7. The minimum Gasteiger partial charge on any atom is -0.351 e. The topological polar surface area (TPSA) is 65.2 Å². The summed E-state index contributed by atoms with van der Waals surface area (Å²) in [7, 11) is 0. The van der Waals surface area contributed by atoms with Gasteiger partial charge in [0.15, 0.2) is 0 Å². The van der Waals surface area contributed by atoms with Crippen LogP contribution in [0, 0.1) is 20.8 Å². The van der Waals surface area contributed by atoms with Crippen molar-refractivity contribution in [2.45, 2.75) is 53.0 Å². The Kier molecular flexibility index (Phi) is 5.37. The van der Waals surface area contributed by atoms with Crippen LogP contribution in [-0.4, -0.2) is 34.3 Å². The lowest BCUT2D eigenvalue weighted by molar-refractivity contribution is 0.0635. The van der Waals surface area contributed by atoms with Gasteiger partial charge in [-0.2, -0.15) is 0 Å². The molecule has 1 aliphatic heterocycles. The fraction of sp³-hybridized carbons (Fsp3) is 0.360. The number of amides is 2. The molecule has 0 saturated carbocycles. The van der Waals surface area contributed by atoms with Gasteiger partial charge in [-0.25, -0.2) is 0 Å². The van der Waals surface area contributed by atoms with E-state index in [2.05, 4.69) is 23.3 Å². The molecule has 30 heavy (non-hydrogen) atoms. The number of nitrogens with one attached hydrogen (secondary N) is 2. The second-order valence-corrected chi connectivity index (χ2v) is 8.55. The molecular weight excluding hydrogens is 374 g/mol. The number of H-pyrrole nitrogens is 1. The minimum absolute atomic E-state index is 0.0737. The van der Waals surface area contributed by atoms with Gasteiger partial charge in [0.2, 0.25) is 0 Å². The Morgan fingerprint density at radius 2 is 1.83 bits per heavy atom. The summed E-state index contributed by atoms with van der Waals surface area (Å²) in [6.45, 7) is 8.95. The summed E-state index contributed by atoms with van der Waals surface area (Å²) in [5, 5.41) is 4.04. The zero-order chi connectivity index (χ0) is 21.4. The Balaban J connectivity index is 1.53. The van der Waals surface area contributed by atoms with Crippen molar-refractivity contribution in [2.24, 2.45) is 0 Å². The van der Waals surface area contributed by atoms with E-state index in [-0.39, 0.29) is 17.9 Å². The SMILES string of the molecule is Cc1cc(C)c2cc(C(=O)Nc3ccc(C(=O)N4CCCCC4C)cc3C)[nH]c2c1. The van der Waals surface area contributed by atoms with E-state index in [0.717, 1.165) is 52.7 Å². The molecule has 156 valence electrons. The van der Waals surface area contributed by atoms with Crippen LogP contribution in [0.5, 0.6) is 0 Å². The molecule has 4 rings (SSSR count). The van der Waals surface area contributed by atoms with Crippen LogP contribution in [0.1, 0.15) is 63.7 Å². The first-order chi connectivity index (χ1) is 14.3. The second kappa shape index (κ2) is 7.98. The number of aryl methyl sites for hydroxylation is 3. The van der Waals surface area contributed by atoms with E-state index in [9.17, 15) is 9.59 Å². The lowest BCUT2D eigenvalue weighted by atomic mass is 10.0. The van der Waals surface area contributed by atoms with Crippen molar-refractivity contribution in [3.8, 4) is 0 Å². The van der Waals surface area contributed by atoms with Crippen LogP contribution < -0.4 is 5.32 Å². The fourth-order valence-electron chi connectivity index (χ4n) is 4.41. The largest absolute Gasteiger partial charge is 0.351 e. The Bertz CT molecular complexity index is 1130. The predicted molar refractivity (Wildman–Crippen MR) is 121 cm³/mol. The van der Waals surface area contributed by atoms with Crippen LogP contribution in [0.15, 0.2) is 36.4 Å². The zero-order valence-corrected chi connectivity index (χ0v) is 18.1. The monoisotopic (exact) mass is 403 g/mol. The van der Waals surface area contributed by atoms with E-state index in [1.54, 1.807) is 0 Å². The normalized spacial score (nSPS) is 16.7. The van der Waals surface area contributed by atoms with Gasteiger partial charge < -0.3 is 15.2 Å². The van der Waals surface area contributed by atoms with Crippen LogP contribution in [0.3, 0.4) is 0 Å². The van der Waals surface area contributed by atoms with Crippen molar-refractivity contribution < 1.29 is 9.59 Å². The number of benzene rings is 2. The first-order valence-electron chi connectivity index (χ1n) is 10.7. The van der Waals surface area contributed by atoms with E-state index in [1.165, 1.54) is 6.42 Å². The van der Waals surface area contributed by atoms with Gasteiger partial charge in [-0.3, -0.25) is 9.59 Å². The average molecular weight is 404 g/mol. The number of aromatic nitrogens is 1. The molecule has 0 spiro atoms. The Morgan fingerprint density at radius 1 is 1.03 bits per heavy atom. The number of piperidine rings is 1. The summed E-state index contributed by atoms with van der Waals surface area (Å²) in [4.78, 5) is 30.9. The number of carbonyl (C=O) groups is 2. The Labute approximate surface area is 177 Å². The molecule has 1 saturated heterocycles. The molecule has 1 unspecified atom stereocenters. The molecule has 0 bridgehead atoms. The number of hydrogen-bond acceptors (Lipinski definition) is 2. The molecule has 2 aromatic carbocycles. The van der Waals surface area contributed by atoms with Crippen molar-refractivity contribution in [1.29, 1.82) is 0 Å². The Morgan fingerprint density at radius 3 is 2.57 bits per heavy atom. The van der Waals surface area contributed by atoms with Crippen molar-refractivity contribution in [3.63, 3.8) is 0 Å². The van der Waals surface area contributed by atoms with Crippen LogP contribution >= 0.6 is 0 Å². The van der Waals surface area contributed by atoms with E-state index in [0.29, 0.717) is 11.3 Å². The predicted octanol–water partition coefficient (Wildman–Crippen LogP) is 5.36. The Hall–Kier alpha value is -3.08. The quantitative estimate of drug-likeness (QED) is 0.618. The van der Waals surface area contributed by atoms with E-state index < -0.39 is 0 Å². The summed E-state index contributed by atoms with van der Waals surface area (Å²) in [6, 6.07) is 11.8. The maximum atomic E-state index is 12.9. The summed E-state index contributed by atoms with van der Waals surface area (Å²) in [6.07, 6.45) is 3.30. The molecule has 3 aromatic rings. The molecule has 0 aliphatic carbocycles. The number of fused-ring (bicyclic) bond motifs is 1. The lowest BCUT2D eigenvalue weighted by Gasteiger charge is -2.33. The third-order valence-electron chi connectivity index (χ3n) is 6.12. The van der Waals surface area contributed by atoms with Gasteiger partial charge in [0, 0.05) is 34.7 Å². The molecule has 2 N–H and O–H groups in total. The lowest BCUT2D eigenvalue weighted by Crippen LogP contribution is -2.42. The fourth-order valence-corrected chi connectivity index (χ4v) is 4.41. The second-order valence-electron chi connectivity index (χ2n) is 8.55. The van der Waals surface area contributed by atoms with Gasteiger partial charge >= 0.3 is 0 Å². The smallest absolute Gasteiger partial charge is 0.272 e. The van der Waals surface area contributed by atoms with Gasteiger partial charge in [0.05, 0.1) is 0 Å². The molecule has 2 heterocycles. The number of nitrogens with zero attached hydrogens (tertiary/aromatic N) is 1. The molecule has 5 nitrogen and oxygen atoms in total. The molecular formula is C25H29N3O2. The highest BCUT2D eigenvalue weighted by Crippen LogP contribution is 2.24. The molecule has 0 radical (unpaired) electrons. The van der Waals surface area contributed by atoms with Crippen LogP contribution in [0.25, 0.3) is 10.9 Å². The van der Waals surface area contributed by atoms with Gasteiger partial charge in [0.25, 0.3) is 11.8 Å². The number of hydrogen-bond donors (Lipinski definition) is 2. The van der Waals surface area contributed by atoms with Crippen LogP contribution in [-0.2, 0) is 0 Å². The molecule has 2 amide bonds. The van der Waals surface area contributed by atoms with Crippen LogP contribution in [0.4, 0.5) is 5.69 Å². The summed E-state index contributed by atoms with van der Waals surface area (Å²) < 4.78 is 0. The van der Waals surface area contributed by atoms with Gasteiger partial charge in [0.1, 0.15) is 5.69 Å². The summed E-state index contributed by atoms with van der Waals surface area (Å²) in [5.74, 6) is -0.111. The molecule has 5 heteroatoms. The number of likely N-dealkylation sites (tertiary alicyclic amines) is 1. The van der Waals surface area contributed by atoms with Gasteiger partial charge in [-0.15, -0.1) is 0 Å². The molecule has 1 aliphatic rings. The number of anilines is 1. The third-order valence-corrected chi connectivity index (χ3v) is 6.12. The molecule has 1 atom stereocenters. The number of aromatic amines is 1. The standard InChI is InChI=1S/C25H29N3O2/c1-15-11-16(2)20-14-23(26-22(20)12-15)24(29)27-21-9-8-19(13-17(21)3)25(30)28-10-6-5-7-18(28)4/h8-9,11-14,18,26H,5-7,10H2,1-4H3,(H,27,29). The van der Waals surface area contributed by atoms with E-state index in [1.807, 2.05) is 56.0 Å². The summed E-state index contributed by atoms with van der Waals surface area (Å²) >= 11 is 0. The highest BCUT2D eigenvalue weighted by atomic mass is 16.2. The number of carbonyl (C=O) groups excluding carboxylic acids is 2. The zero-order valence-electron chi connectivity index (χ0n) is 18.1. The third kappa shape index (κ3) is 3.84. The van der Waals surface area contributed by atoms with Crippen molar-refractivity contribution in [1.82, 2.24) is 9.88 Å². The highest BCUT2D eigenvalue weighted by molar-refractivity contribution is 6.07. The van der Waals surface area contributed by atoms with Crippen LogP contribution in [0.2, 0.25) is 0 Å². The van der Waals surface area contributed by atoms with Gasteiger partial charge in [-0.1, -0.05) is 6.07 Å². The van der Waals surface area contributed by atoms with E-state index in [4.69, 9.17) is 0 Å². The molecule has 1 aromatic heterocycles. The van der Waals surface area contributed by atoms with Crippen molar-refractivity contribution in [2.75, 3.05) is 11.9 Å². The summed E-state index contributed by atoms with van der Waals surface area (Å²) in [5.41, 5.74) is 6.07. The first kappa shape index (κ1) is 20.2. The van der Waals surface area contributed by atoms with Crippen molar-refractivity contribution in [3.05, 3.63) is 64.3 Å². The van der Waals surface area contributed by atoms with E-state index >= 15 is 0 Å². The highest BCUT2D eigenvalue weighted by Gasteiger charge is 2.24.